The predicted molar refractivity (Wildman–Crippen MR) is 122 cm³/mol. The summed E-state index contributed by atoms with van der Waals surface area (Å²) >= 11 is 3.16. The molecule has 2 aliphatic rings. The van der Waals surface area contributed by atoms with Crippen LogP contribution in [0.4, 0.5) is 5.69 Å². The molecule has 1 fully saturated rings. The number of rotatable bonds is 7. The number of benzene rings is 2. The van der Waals surface area contributed by atoms with Gasteiger partial charge in [-0.25, -0.2) is 4.79 Å². The molecule has 0 spiro atoms. The average Bonchev–Trinajstić information content (AvgIpc) is 2.81. The van der Waals surface area contributed by atoms with E-state index in [9.17, 15) is 9.59 Å². The number of ether oxygens (including phenoxy) is 2. The largest absolute Gasteiger partial charge is 0.497 e. The summed E-state index contributed by atoms with van der Waals surface area (Å²) in [7, 11) is 1.59. The van der Waals surface area contributed by atoms with Crippen LogP contribution in [0.1, 0.15) is 5.56 Å². The van der Waals surface area contributed by atoms with Crippen molar-refractivity contribution in [1.29, 1.82) is 0 Å². The lowest BCUT2D eigenvalue weighted by atomic mass is 10.0. The molecular formula is C22H23N3O4S2. The maximum Gasteiger partial charge on any atom is 0.355 e. The van der Waals surface area contributed by atoms with Gasteiger partial charge in [0.1, 0.15) is 29.5 Å². The number of thioether (sulfide) groups is 2. The topological polar surface area (TPSA) is 108 Å². The standard InChI is InChI=1S/C22H23N3O4S2/c1-28-16-6-2-13(3-7-16)10-29-22(27)19-14(11-30-17-8-4-15(23)5-9-17)12-31-21-18(24)20(26)25(19)21/h2-9,18,21H,10-12,23-24H2,1H3/t18?,21-/m1/s1. The number of nitrogens with two attached hydrogens (primary N) is 2. The fourth-order valence-electron chi connectivity index (χ4n) is 3.35. The monoisotopic (exact) mass is 457 g/mol. The first kappa shape index (κ1) is 21.6. The zero-order valence-electron chi connectivity index (χ0n) is 16.9. The summed E-state index contributed by atoms with van der Waals surface area (Å²) in [6.45, 7) is 0.108. The molecule has 2 aromatic rings. The van der Waals surface area contributed by atoms with Gasteiger partial charge in [0.05, 0.1) is 7.11 Å². The smallest absolute Gasteiger partial charge is 0.355 e. The number of methoxy groups -OCH3 is 1. The zero-order chi connectivity index (χ0) is 22.0. The van der Waals surface area contributed by atoms with Crippen LogP contribution < -0.4 is 16.2 Å². The Morgan fingerprint density at radius 3 is 2.58 bits per heavy atom. The van der Waals surface area contributed by atoms with E-state index in [1.54, 1.807) is 30.6 Å². The second-order valence-electron chi connectivity index (χ2n) is 7.17. The van der Waals surface area contributed by atoms with Crippen molar-refractivity contribution in [2.45, 2.75) is 22.9 Å². The molecule has 1 amide bonds. The van der Waals surface area contributed by atoms with Crippen molar-refractivity contribution in [3.05, 3.63) is 65.4 Å². The fourth-order valence-corrected chi connectivity index (χ4v) is 5.68. The van der Waals surface area contributed by atoms with Crippen molar-refractivity contribution in [1.82, 2.24) is 4.90 Å². The van der Waals surface area contributed by atoms with Gasteiger partial charge < -0.3 is 20.9 Å². The first-order chi connectivity index (χ1) is 15.0. The van der Waals surface area contributed by atoms with E-state index in [0.717, 1.165) is 21.8 Å². The number of nitrogens with zero attached hydrogens (tertiary/aromatic N) is 1. The molecule has 162 valence electrons. The van der Waals surface area contributed by atoms with Crippen molar-refractivity contribution in [2.75, 3.05) is 24.3 Å². The molecule has 0 aliphatic carbocycles. The number of fused-ring (bicyclic) bond motifs is 1. The number of hydrogen-bond donors (Lipinski definition) is 2. The van der Waals surface area contributed by atoms with Gasteiger partial charge in [0.15, 0.2) is 0 Å². The van der Waals surface area contributed by atoms with Crippen LogP contribution in [0.15, 0.2) is 64.7 Å². The van der Waals surface area contributed by atoms with E-state index in [2.05, 4.69) is 0 Å². The minimum Gasteiger partial charge on any atom is -0.497 e. The third-order valence-electron chi connectivity index (χ3n) is 5.10. The number of β-lactam (4-membered cyclic amide) rings is 1. The van der Waals surface area contributed by atoms with Crippen LogP contribution in [0.3, 0.4) is 0 Å². The van der Waals surface area contributed by atoms with Gasteiger partial charge in [-0.3, -0.25) is 9.69 Å². The summed E-state index contributed by atoms with van der Waals surface area (Å²) in [5.41, 5.74) is 14.4. The molecule has 2 aromatic carbocycles. The molecule has 31 heavy (non-hydrogen) atoms. The van der Waals surface area contributed by atoms with E-state index < -0.39 is 12.0 Å². The zero-order valence-corrected chi connectivity index (χ0v) is 18.6. The van der Waals surface area contributed by atoms with Crippen molar-refractivity contribution in [2.24, 2.45) is 5.73 Å². The van der Waals surface area contributed by atoms with Gasteiger partial charge in [-0.1, -0.05) is 12.1 Å². The third-order valence-corrected chi connectivity index (χ3v) is 7.56. The van der Waals surface area contributed by atoms with Gasteiger partial charge in [0.25, 0.3) is 0 Å². The molecular weight excluding hydrogens is 434 g/mol. The van der Waals surface area contributed by atoms with Crippen LogP contribution in [0.5, 0.6) is 5.75 Å². The highest BCUT2D eigenvalue weighted by Crippen LogP contribution is 2.41. The Hall–Kier alpha value is -2.62. The summed E-state index contributed by atoms with van der Waals surface area (Å²) in [6, 6.07) is 14.3. The molecule has 1 saturated heterocycles. The van der Waals surface area contributed by atoms with Gasteiger partial charge in [0.2, 0.25) is 5.91 Å². The molecule has 0 radical (unpaired) electrons. The van der Waals surface area contributed by atoms with Crippen molar-refractivity contribution in [3.8, 4) is 5.75 Å². The highest BCUT2D eigenvalue weighted by molar-refractivity contribution is 8.01. The van der Waals surface area contributed by atoms with Crippen LogP contribution in [0.2, 0.25) is 0 Å². The number of esters is 1. The quantitative estimate of drug-likeness (QED) is 0.283. The lowest BCUT2D eigenvalue weighted by Gasteiger charge is -2.48. The van der Waals surface area contributed by atoms with E-state index in [1.807, 2.05) is 48.5 Å². The minimum absolute atomic E-state index is 0.108. The van der Waals surface area contributed by atoms with Crippen LogP contribution in [-0.4, -0.2) is 46.8 Å². The highest BCUT2D eigenvalue weighted by Gasteiger charge is 2.52. The molecule has 1 unspecified atom stereocenters. The molecule has 2 heterocycles. The number of hydrogen-bond acceptors (Lipinski definition) is 8. The first-order valence-electron chi connectivity index (χ1n) is 9.68. The summed E-state index contributed by atoms with van der Waals surface area (Å²) in [5, 5.41) is -0.221. The molecule has 4 rings (SSSR count). The van der Waals surface area contributed by atoms with E-state index >= 15 is 0 Å². The van der Waals surface area contributed by atoms with Crippen molar-refractivity contribution >= 4 is 41.1 Å². The molecule has 0 bridgehead atoms. The van der Waals surface area contributed by atoms with E-state index in [4.69, 9.17) is 20.9 Å². The lowest BCUT2D eigenvalue weighted by molar-refractivity contribution is -0.151. The van der Waals surface area contributed by atoms with E-state index in [-0.39, 0.29) is 17.9 Å². The summed E-state index contributed by atoms with van der Waals surface area (Å²) in [5.74, 6) is 1.16. The molecule has 9 heteroatoms. The van der Waals surface area contributed by atoms with E-state index in [1.165, 1.54) is 4.90 Å². The normalized spacial score (nSPS) is 20.2. The predicted octanol–water partition coefficient (Wildman–Crippen LogP) is 2.61. The number of amides is 1. The van der Waals surface area contributed by atoms with Crippen LogP contribution in [0, 0.1) is 0 Å². The van der Waals surface area contributed by atoms with Gasteiger partial charge in [-0.05, 0) is 47.5 Å². The van der Waals surface area contributed by atoms with Gasteiger partial charge in [-0.15, -0.1) is 23.5 Å². The third kappa shape index (κ3) is 4.53. The Kier molecular flexibility index (Phi) is 6.45. The second kappa shape index (κ2) is 9.25. The number of carbonyl (C=O) groups is 2. The van der Waals surface area contributed by atoms with Gasteiger partial charge in [0, 0.05) is 22.1 Å². The van der Waals surface area contributed by atoms with Crippen LogP contribution in [-0.2, 0) is 20.9 Å². The molecule has 0 aromatic heterocycles. The average molecular weight is 458 g/mol. The Morgan fingerprint density at radius 1 is 1.19 bits per heavy atom. The molecule has 2 aliphatic heterocycles. The Balaban J connectivity index is 1.51. The lowest BCUT2D eigenvalue weighted by Crippen LogP contribution is -2.68. The van der Waals surface area contributed by atoms with Crippen LogP contribution in [0.25, 0.3) is 0 Å². The van der Waals surface area contributed by atoms with Crippen molar-refractivity contribution in [3.63, 3.8) is 0 Å². The Labute approximate surface area is 189 Å². The fraction of sp³-hybridized carbons (Fsp3) is 0.273. The van der Waals surface area contributed by atoms with E-state index in [0.29, 0.717) is 22.9 Å². The summed E-state index contributed by atoms with van der Waals surface area (Å²) in [4.78, 5) is 28.0. The molecule has 2 atom stereocenters. The van der Waals surface area contributed by atoms with Gasteiger partial charge in [-0.2, -0.15) is 0 Å². The molecule has 4 N–H and O–H groups in total. The summed E-state index contributed by atoms with van der Waals surface area (Å²) in [6.07, 6.45) is 0. The van der Waals surface area contributed by atoms with Crippen molar-refractivity contribution < 1.29 is 19.1 Å². The number of nitrogen functional groups attached to an aromatic ring is 1. The van der Waals surface area contributed by atoms with Crippen LogP contribution >= 0.6 is 23.5 Å². The SMILES string of the molecule is COc1ccc(COC(=O)C2=C(CSc3ccc(N)cc3)CS[C@@H]3C(N)C(=O)N23)cc1. The number of anilines is 1. The molecule has 0 saturated carbocycles. The van der Waals surface area contributed by atoms with Gasteiger partial charge >= 0.3 is 5.97 Å². The maximum absolute atomic E-state index is 13.0. The summed E-state index contributed by atoms with van der Waals surface area (Å²) < 4.78 is 10.7. The number of carbonyl (C=O) groups excluding carboxylic acids is 2. The second-order valence-corrected chi connectivity index (χ2v) is 9.32. The Morgan fingerprint density at radius 2 is 1.90 bits per heavy atom. The molecule has 7 nitrogen and oxygen atoms in total. The Bertz CT molecular complexity index is 1010. The minimum atomic E-state index is -0.583. The first-order valence-corrected chi connectivity index (χ1v) is 11.7. The maximum atomic E-state index is 13.0. The highest BCUT2D eigenvalue weighted by atomic mass is 32.2.